The SMILES string of the molecule is CC(C)Cc1cc2[nH]cnc2c(-c2ccc3ccccc3c2)n1. The number of nitrogens with zero attached hydrogens (tertiary/aromatic N) is 2. The van der Waals surface area contributed by atoms with Crippen LogP contribution in [0.4, 0.5) is 0 Å². The number of hydrogen-bond donors (Lipinski definition) is 1. The van der Waals surface area contributed by atoms with E-state index in [2.05, 4.69) is 72.3 Å². The van der Waals surface area contributed by atoms with Gasteiger partial charge in [0, 0.05) is 11.3 Å². The molecule has 3 nitrogen and oxygen atoms in total. The van der Waals surface area contributed by atoms with Crippen LogP contribution in [0.5, 0.6) is 0 Å². The quantitative estimate of drug-likeness (QED) is 0.580. The number of hydrogen-bond acceptors (Lipinski definition) is 2. The fourth-order valence-corrected chi connectivity index (χ4v) is 3.06. The molecule has 0 spiro atoms. The Morgan fingerprint density at radius 3 is 2.65 bits per heavy atom. The molecule has 0 amide bonds. The monoisotopic (exact) mass is 301 g/mol. The first kappa shape index (κ1) is 13.9. The van der Waals surface area contributed by atoms with Gasteiger partial charge in [-0.1, -0.05) is 50.2 Å². The lowest BCUT2D eigenvalue weighted by molar-refractivity contribution is 0.636. The van der Waals surface area contributed by atoms with Gasteiger partial charge >= 0.3 is 0 Å². The molecule has 2 heterocycles. The molecule has 3 heteroatoms. The lowest BCUT2D eigenvalue weighted by Gasteiger charge is -2.09. The van der Waals surface area contributed by atoms with Crippen LogP contribution in [0.2, 0.25) is 0 Å². The molecule has 2 aromatic heterocycles. The highest BCUT2D eigenvalue weighted by Gasteiger charge is 2.12. The van der Waals surface area contributed by atoms with E-state index in [0.29, 0.717) is 5.92 Å². The van der Waals surface area contributed by atoms with Gasteiger partial charge in [0.25, 0.3) is 0 Å². The van der Waals surface area contributed by atoms with Crippen molar-refractivity contribution in [1.29, 1.82) is 0 Å². The van der Waals surface area contributed by atoms with Crippen LogP contribution >= 0.6 is 0 Å². The highest BCUT2D eigenvalue weighted by molar-refractivity contribution is 5.93. The summed E-state index contributed by atoms with van der Waals surface area (Å²) in [6, 6.07) is 17.0. The van der Waals surface area contributed by atoms with Gasteiger partial charge in [-0.25, -0.2) is 4.98 Å². The minimum Gasteiger partial charge on any atom is -0.344 e. The van der Waals surface area contributed by atoms with Crippen LogP contribution in [-0.2, 0) is 6.42 Å². The lowest BCUT2D eigenvalue weighted by Crippen LogP contribution is -1.99. The fraction of sp³-hybridized carbons (Fsp3) is 0.200. The van der Waals surface area contributed by atoms with Crippen molar-refractivity contribution >= 4 is 21.8 Å². The number of H-pyrrole nitrogens is 1. The summed E-state index contributed by atoms with van der Waals surface area (Å²) in [5.41, 5.74) is 5.18. The smallest absolute Gasteiger partial charge is 0.115 e. The molecule has 0 saturated heterocycles. The van der Waals surface area contributed by atoms with Gasteiger partial charge in [0.15, 0.2) is 0 Å². The third-order valence-corrected chi connectivity index (χ3v) is 4.10. The summed E-state index contributed by atoms with van der Waals surface area (Å²) in [7, 11) is 0. The van der Waals surface area contributed by atoms with Gasteiger partial charge in [-0.2, -0.15) is 0 Å². The van der Waals surface area contributed by atoms with Crippen molar-refractivity contribution in [3.05, 3.63) is 60.6 Å². The average molecular weight is 301 g/mol. The molecule has 0 aliphatic carbocycles. The maximum absolute atomic E-state index is 4.91. The van der Waals surface area contributed by atoms with Gasteiger partial charge in [0.05, 0.1) is 17.5 Å². The predicted octanol–water partition coefficient (Wildman–Crippen LogP) is 4.98. The summed E-state index contributed by atoms with van der Waals surface area (Å²) in [6.45, 7) is 4.43. The Morgan fingerprint density at radius 2 is 1.83 bits per heavy atom. The van der Waals surface area contributed by atoms with E-state index in [1.54, 1.807) is 6.33 Å². The van der Waals surface area contributed by atoms with E-state index >= 15 is 0 Å². The summed E-state index contributed by atoms with van der Waals surface area (Å²) in [4.78, 5) is 12.6. The molecule has 0 aliphatic heterocycles. The van der Waals surface area contributed by atoms with Gasteiger partial charge in [0.2, 0.25) is 0 Å². The second kappa shape index (κ2) is 5.51. The molecule has 114 valence electrons. The van der Waals surface area contributed by atoms with Crippen LogP contribution in [-0.4, -0.2) is 15.0 Å². The van der Waals surface area contributed by atoms with Gasteiger partial charge in [-0.15, -0.1) is 0 Å². The second-order valence-electron chi connectivity index (χ2n) is 6.42. The molecule has 0 bridgehead atoms. The number of aromatic nitrogens is 3. The third-order valence-electron chi connectivity index (χ3n) is 4.10. The van der Waals surface area contributed by atoms with Crippen molar-refractivity contribution in [3.8, 4) is 11.3 Å². The highest BCUT2D eigenvalue weighted by Crippen LogP contribution is 2.28. The molecule has 2 aromatic carbocycles. The standard InChI is InChI=1S/C20H19N3/c1-13(2)9-17-11-18-20(22-12-21-18)19(23-17)16-8-7-14-5-3-4-6-15(14)10-16/h3-8,10-13H,9H2,1-2H3,(H,21,22). The van der Waals surface area contributed by atoms with E-state index in [1.807, 2.05) is 0 Å². The molecule has 0 saturated carbocycles. The third kappa shape index (κ3) is 2.59. The summed E-state index contributed by atoms with van der Waals surface area (Å²) >= 11 is 0. The predicted molar refractivity (Wildman–Crippen MR) is 95.4 cm³/mol. The van der Waals surface area contributed by atoms with Crippen molar-refractivity contribution in [1.82, 2.24) is 15.0 Å². The topological polar surface area (TPSA) is 41.6 Å². The van der Waals surface area contributed by atoms with E-state index < -0.39 is 0 Å². The number of fused-ring (bicyclic) bond motifs is 2. The molecular weight excluding hydrogens is 282 g/mol. The lowest BCUT2D eigenvalue weighted by atomic mass is 10.0. The minimum absolute atomic E-state index is 0.576. The van der Waals surface area contributed by atoms with Crippen molar-refractivity contribution in [2.24, 2.45) is 5.92 Å². The van der Waals surface area contributed by atoms with Gasteiger partial charge in [-0.3, -0.25) is 4.98 Å². The van der Waals surface area contributed by atoms with Crippen LogP contribution in [0.3, 0.4) is 0 Å². The zero-order valence-electron chi connectivity index (χ0n) is 13.4. The first-order valence-corrected chi connectivity index (χ1v) is 8.03. The van der Waals surface area contributed by atoms with Crippen molar-refractivity contribution < 1.29 is 0 Å². The van der Waals surface area contributed by atoms with Crippen LogP contribution < -0.4 is 0 Å². The largest absolute Gasteiger partial charge is 0.344 e. The molecule has 0 atom stereocenters. The van der Waals surface area contributed by atoms with Gasteiger partial charge in [0.1, 0.15) is 5.52 Å². The minimum atomic E-state index is 0.576. The molecule has 0 radical (unpaired) electrons. The number of benzene rings is 2. The van der Waals surface area contributed by atoms with E-state index in [0.717, 1.165) is 34.4 Å². The van der Waals surface area contributed by atoms with E-state index in [1.165, 1.54) is 10.8 Å². The van der Waals surface area contributed by atoms with E-state index in [4.69, 9.17) is 4.98 Å². The number of pyridine rings is 1. The Kier molecular flexibility index (Phi) is 3.34. The Bertz CT molecular complexity index is 982. The van der Waals surface area contributed by atoms with E-state index in [-0.39, 0.29) is 0 Å². The Labute approximate surface area is 135 Å². The molecule has 4 aromatic rings. The van der Waals surface area contributed by atoms with Crippen molar-refractivity contribution in [2.75, 3.05) is 0 Å². The van der Waals surface area contributed by atoms with Crippen LogP contribution in [0, 0.1) is 5.92 Å². The molecule has 23 heavy (non-hydrogen) atoms. The Morgan fingerprint density at radius 1 is 1.00 bits per heavy atom. The van der Waals surface area contributed by atoms with Crippen molar-refractivity contribution in [3.63, 3.8) is 0 Å². The van der Waals surface area contributed by atoms with Gasteiger partial charge in [-0.05, 0) is 35.2 Å². The second-order valence-corrected chi connectivity index (χ2v) is 6.42. The zero-order chi connectivity index (χ0) is 15.8. The molecule has 1 N–H and O–H groups in total. The summed E-state index contributed by atoms with van der Waals surface area (Å²) < 4.78 is 0. The first-order chi connectivity index (χ1) is 11.2. The molecular formula is C20H19N3. The number of imidazole rings is 1. The number of aromatic amines is 1. The summed E-state index contributed by atoms with van der Waals surface area (Å²) in [5.74, 6) is 0.576. The van der Waals surface area contributed by atoms with Crippen LogP contribution in [0.1, 0.15) is 19.5 Å². The fourth-order valence-electron chi connectivity index (χ4n) is 3.06. The normalized spacial score (nSPS) is 11.6. The van der Waals surface area contributed by atoms with Crippen LogP contribution in [0.25, 0.3) is 33.1 Å². The molecule has 0 aliphatic rings. The van der Waals surface area contributed by atoms with E-state index in [9.17, 15) is 0 Å². The van der Waals surface area contributed by atoms with Crippen molar-refractivity contribution in [2.45, 2.75) is 20.3 Å². The first-order valence-electron chi connectivity index (χ1n) is 8.03. The zero-order valence-corrected chi connectivity index (χ0v) is 13.4. The summed E-state index contributed by atoms with van der Waals surface area (Å²) in [6.07, 6.45) is 2.71. The Hall–Kier alpha value is -2.68. The molecule has 4 rings (SSSR count). The van der Waals surface area contributed by atoms with Crippen LogP contribution in [0.15, 0.2) is 54.9 Å². The Balaban J connectivity index is 1.92. The maximum Gasteiger partial charge on any atom is 0.115 e. The van der Waals surface area contributed by atoms with Gasteiger partial charge < -0.3 is 4.98 Å². The highest BCUT2D eigenvalue weighted by atomic mass is 14.9. The average Bonchev–Trinajstić information content (AvgIpc) is 3.01. The maximum atomic E-state index is 4.91. The number of rotatable bonds is 3. The number of nitrogens with one attached hydrogen (secondary N) is 1. The summed E-state index contributed by atoms with van der Waals surface area (Å²) in [5, 5.41) is 2.47. The molecule has 0 unspecified atom stereocenters. The molecule has 0 fully saturated rings.